The third kappa shape index (κ3) is 2.53. The van der Waals surface area contributed by atoms with Crippen molar-refractivity contribution in [3.05, 3.63) is 54.4 Å². The predicted octanol–water partition coefficient (Wildman–Crippen LogP) is 3.18. The van der Waals surface area contributed by atoms with E-state index in [1.54, 1.807) is 12.1 Å². The van der Waals surface area contributed by atoms with Gasteiger partial charge in [0.1, 0.15) is 10.5 Å². The Morgan fingerprint density at radius 3 is 2.57 bits per heavy atom. The summed E-state index contributed by atoms with van der Waals surface area (Å²) in [5.41, 5.74) is -0.150. The number of carbonyl (C=O) groups is 1. The van der Waals surface area contributed by atoms with Gasteiger partial charge >= 0.3 is 5.97 Å². The van der Waals surface area contributed by atoms with Crippen LogP contribution in [0.4, 0.5) is 0 Å². The van der Waals surface area contributed by atoms with E-state index in [2.05, 4.69) is 9.97 Å². The number of aromatic carboxylic acids is 1. The summed E-state index contributed by atoms with van der Waals surface area (Å²) in [5, 5.41) is 20.3. The molecule has 0 unspecified atom stereocenters. The molecule has 0 atom stereocenters. The molecule has 0 saturated heterocycles. The zero-order valence-electron chi connectivity index (χ0n) is 10.7. The molecule has 0 bridgehead atoms. The number of aromatic nitrogens is 2. The minimum Gasteiger partial charge on any atom is -0.504 e. The Hall–Kier alpha value is -2.60. The highest BCUT2D eigenvalue weighted by Crippen LogP contribution is 2.35. The molecule has 21 heavy (non-hydrogen) atoms. The first-order valence-electron chi connectivity index (χ1n) is 6.10. The molecule has 0 aliphatic carbocycles. The third-order valence-electron chi connectivity index (χ3n) is 2.86. The summed E-state index contributed by atoms with van der Waals surface area (Å²) >= 11 is 1.33. The average molecular weight is 298 g/mol. The van der Waals surface area contributed by atoms with E-state index >= 15 is 0 Å². The van der Waals surface area contributed by atoms with Crippen LogP contribution in [0.5, 0.6) is 5.75 Å². The van der Waals surface area contributed by atoms with Crippen molar-refractivity contribution in [1.82, 2.24) is 9.97 Å². The molecule has 0 aliphatic heterocycles. The highest BCUT2D eigenvalue weighted by molar-refractivity contribution is 7.99. The topological polar surface area (TPSA) is 83.3 Å². The second-order valence-corrected chi connectivity index (χ2v) is 5.30. The maximum atomic E-state index is 11.2. The molecule has 2 heterocycles. The van der Waals surface area contributed by atoms with E-state index in [1.165, 1.54) is 18.0 Å². The number of rotatable bonds is 3. The highest BCUT2D eigenvalue weighted by atomic mass is 32.2. The average Bonchev–Trinajstić information content (AvgIpc) is 2.51. The molecule has 3 rings (SSSR count). The van der Waals surface area contributed by atoms with E-state index in [-0.39, 0.29) is 11.2 Å². The van der Waals surface area contributed by atoms with Gasteiger partial charge in [-0.15, -0.1) is 0 Å². The van der Waals surface area contributed by atoms with E-state index in [4.69, 9.17) is 5.11 Å². The lowest BCUT2D eigenvalue weighted by molar-refractivity contribution is 0.0686. The summed E-state index contributed by atoms with van der Waals surface area (Å²) in [7, 11) is 0. The summed E-state index contributed by atoms with van der Waals surface area (Å²) in [6, 6.07) is 13.0. The number of carboxylic acid groups (broad SMARTS) is 1. The van der Waals surface area contributed by atoms with Crippen LogP contribution in [0.15, 0.2) is 58.6 Å². The first-order chi connectivity index (χ1) is 10.2. The van der Waals surface area contributed by atoms with Gasteiger partial charge in [0.25, 0.3) is 0 Å². The fraction of sp³-hybridized carbons (Fsp3) is 0. The quantitative estimate of drug-likeness (QED) is 0.772. The van der Waals surface area contributed by atoms with Gasteiger partial charge < -0.3 is 10.2 Å². The number of pyridine rings is 2. The van der Waals surface area contributed by atoms with Gasteiger partial charge in [0.2, 0.25) is 0 Å². The van der Waals surface area contributed by atoms with Crippen LogP contribution < -0.4 is 0 Å². The largest absolute Gasteiger partial charge is 0.504 e. The molecule has 5 nitrogen and oxygen atoms in total. The fourth-order valence-corrected chi connectivity index (χ4v) is 2.85. The number of fused-ring (bicyclic) bond motifs is 1. The molecule has 0 fully saturated rings. The lowest BCUT2D eigenvalue weighted by atomic mass is 10.2. The summed E-state index contributed by atoms with van der Waals surface area (Å²) in [6.45, 7) is 0. The zero-order chi connectivity index (χ0) is 14.8. The number of hydrogen-bond acceptors (Lipinski definition) is 5. The molecule has 104 valence electrons. The van der Waals surface area contributed by atoms with Gasteiger partial charge in [-0.25, -0.2) is 9.78 Å². The van der Waals surface area contributed by atoms with E-state index in [1.807, 2.05) is 30.3 Å². The SMILES string of the molecule is O=C(O)c1nc(Sc2ccccc2)c2cccnc2c1O. The normalized spacial score (nSPS) is 10.7. The van der Waals surface area contributed by atoms with E-state index in [9.17, 15) is 9.90 Å². The van der Waals surface area contributed by atoms with Crippen molar-refractivity contribution >= 4 is 28.6 Å². The first-order valence-corrected chi connectivity index (χ1v) is 6.92. The zero-order valence-corrected chi connectivity index (χ0v) is 11.5. The molecular weight excluding hydrogens is 288 g/mol. The minimum atomic E-state index is -1.28. The van der Waals surface area contributed by atoms with Crippen molar-refractivity contribution in [2.45, 2.75) is 9.92 Å². The molecule has 6 heteroatoms. The maximum Gasteiger partial charge on any atom is 0.358 e. The van der Waals surface area contributed by atoms with Gasteiger partial charge in [-0.05, 0) is 24.3 Å². The molecule has 2 N–H and O–H groups in total. The van der Waals surface area contributed by atoms with Crippen LogP contribution in [0, 0.1) is 0 Å². The van der Waals surface area contributed by atoms with Crippen LogP contribution in [0.25, 0.3) is 10.9 Å². The van der Waals surface area contributed by atoms with Crippen LogP contribution in [-0.4, -0.2) is 26.2 Å². The van der Waals surface area contributed by atoms with Crippen LogP contribution in [0.1, 0.15) is 10.5 Å². The van der Waals surface area contributed by atoms with E-state index in [0.29, 0.717) is 10.4 Å². The van der Waals surface area contributed by atoms with Gasteiger partial charge in [-0.2, -0.15) is 0 Å². The smallest absolute Gasteiger partial charge is 0.358 e. The molecule has 0 amide bonds. The van der Waals surface area contributed by atoms with Crippen molar-refractivity contribution in [2.24, 2.45) is 0 Å². The Bertz CT molecular complexity index is 822. The molecular formula is C15H10N2O3S. The number of hydrogen-bond donors (Lipinski definition) is 2. The van der Waals surface area contributed by atoms with Gasteiger partial charge in [0.05, 0.1) is 0 Å². The molecule has 1 aromatic carbocycles. The molecule has 0 spiro atoms. The molecule has 2 aromatic heterocycles. The Morgan fingerprint density at radius 2 is 1.86 bits per heavy atom. The standard InChI is InChI=1S/C15H10N2O3S/c18-13-11-10(7-4-8-16-11)14(17-12(13)15(19)20)21-9-5-2-1-3-6-9/h1-8,18H,(H,19,20). The minimum absolute atomic E-state index is 0.239. The van der Waals surface area contributed by atoms with Crippen molar-refractivity contribution in [3.63, 3.8) is 0 Å². The summed E-state index contributed by atoms with van der Waals surface area (Å²) in [5.74, 6) is -1.69. The fourth-order valence-electron chi connectivity index (χ4n) is 1.92. The van der Waals surface area contributed by atoms with Crippen molar-refractivity contribution < 1.29 is 15.0 Å². The molecule has 0 saturated carbocycles. The van der Waals surface area contributed by atoms with Gasteiger partial charge in [0.15, 0.2) is 11.4 Å². The Morgan fingerprint density at radius 1 is 1.10 bits per heavy atom. The third-order valence-corrected chi connectivity index (χ3v) is 3.87. The second-order valence-electron chi connectivity index (χ2n) is 4.23. The van der Waals surface area contributed by atoms with Crippen LogP contribution in [-0.2, 0) is 0 Å². The number of aromatic hydroxyl groups is 1. The van der Waals surface area contributed by atoms with Crippen molar-refractivity contribution in [3.8, 4) is 5.75 Å². The van der Waals surface area contributed by atoms with Crippen LogP contribution in [0.2, 0.25) is 0 Å². The monoisotopic (exact) mass is 298 g/mol. The Balaban J connectivity index is 2.21. The molecule has 3 aromatic rings. The van der Waals surface area contributed by atoms with Crippen LogP contribution >= 0.6 is 11.8 Å². The van der Waals surface area contributed by atoms with Crippen LogP contribution in [0.3, 0.4) is 0 Å². The summed E-state index contributed by atoms with van der Waals surface area (Å²) in [4.78, 5) is 20.3. The van der Waals surface area contributed by atoms with Gasteiger partial charge in [0, 0.05) is 16.5 Å². The van der Waals surface area contributed by atoms with Crippen molar-refractivity contribution in [2.75, 3.05) is 0 Å². The number of benzene rings is 1. The number of nitrogens with zero attached hydrogens (tertiary/aromatic N) is 2. The lowest BCUT2D eigenvalue weighted by Gasteiger charge is -2.08. The van der Waals surface area contributed by atoms with E-state index in [0.717, 1.165) is 4.90 Å². The molecule has 0 aliphatic rings. The molecule has 0 radical (unpaired) electrons. The number of carboxylic acids is 1. The predicted molar refractivity (Wildman–Crippen MR) is 78.7 cm³/mol. The first kappa shape index (κ1) is 13.4. The van der Waals surface area contributed by atoms with Gasteiger partial charge in [-0.3, -0.25) is 4.98 Å². The maximum absolute atomic E-state index is 11.2. The second kappa shape index (κ2) is 5.41. The van der Waals surface area contributed by atoms with Crippen molar-refractivity contribution in [1.29, 1.82) is 0 Å². The Labute approximate surface area is 124 Å². The van der Waals surface area contributed by atoms with Gasteiger partial charge in [-0.1, -0.05) is 30.0 Å². The van der Waals surface area contributed by atoms with E-state index < -0.39 is 11.7 Å². The lowest BCUT2D eigenvalue weighted by Crippen LogP contribution is -2.03. The Kier molecular flexibility index (Phi) is 3.45. The highest BCUT2D eigenvalue weighted by Gasteiger charge is 2.19. The summed E-state index contributed by atoms with van der Waals surface area (Å²) in [6.07, 6.45) is 1.50. The summed E-state index contributed by atoms with van der Waals surface area (Å²) < 4.78 is 0.